The summed E-state index contributed by atoms with van der Waals surface area (Å²) in [5.41, 5.74) is 0.407. The molecule has 0 unspecified atom stereocenters. The third-order valence-corrected chi connectivity index (χ3v) is 23.6. The molecule has 0 amide bonds. The van der Waals surface area contributed by atoms with Gasteiger partial charge in [-0.2, -0.15) is 0 Å². The van der Waals surface area contributed by atoms with Gasteiger partial charge in [-0.3, -0.25) is 4.79 Å². The van der Waals surface area contributed by atoms with E-state index in [-0.39, 0.29) is 34.9 Å². The van der Waals surface area contributed by atoms with Gasteiger partial charge in [-0.1, -0.05) is 188 Å². The van der Waals surface area contributed by atoms with Gasteiger partial charge in [-0.05, 0) is 50.1 Å². The molecule has 63 heavy (non-hydrogen) atoms. The molecule has 0 aromatic heterocycles. The topological polar surface area (TPSA) is 92.7 Å². The van der Waals surface area contributed by atoms with Crippen LogP contribution in [-0.4, -0.2) is 84.8 Å². The first-order valence-electron chi connectivity index (χ1n) is 22.8. The molecule has 4 aromatic carbocycles. The smallest absolute Gasteiger partial charge is 0.302 e. The van der Waals surface area contributed by atoms with Gasteiger partial charge in [-0.25, -0.2) is 0 Å². The number of benzene rings is 4. The fourth-order valence-electron chi connectivity index (χ4n) is 10.4. The first-order valence-corrected chi connectivity index (χ1v) is 26.6. The summed E-state index contributed by atoms with van der Waals surface area (Å²) in [5.74, 6) is -1.53. The lowest BCUT2D eigenvalue weighted by Crippen LogP contribution is -2.67. The van der Waals surface area contributed by atoms with E-state index in [1.54, 1.807) is 7.11 Å². The summed E-state index contributed by atoms with van der Waals surface area (Å²) < 4.78 is 41.0. The quantitative estimate of drug-likeness (QED) is 0.0681. The highest BCUT2D eigenvalue weighted by Crippen LogP contribution is 2.51. The van der Waals surface area contributed by atoms with Gasteiger partial charge in [0, 0.05) is 33.5 Å². The van der Waals surface area contributed by atoms with Crippen LogP contribution in [0.1, 0.15) is 94.4 Å². The van der Waals surface area contributed by atoms with Gasteiger partial charge in [-0.15, -0.1) is 0 Å². The predicted octanol–water partition coefficient (Wildman–Crippen LogP) is 8.48. The summed E-state index contributed by atoms with van der Waals surface area (Å²) >= 11 is 0. The molecule has 0 bridgehead atoms. The van der Waals surface area contributed by atoms with E-state index in [4.69, 9.17) is 27.8 Å². The van der Waals surface area contributed by atoms with Crippen LogP contribution in [0.25, 0.3) is 0 Å². The molecule has 0 radical (unpaired) electrons. The Morgan fingerprint density at radius 3 is 1.57 bits per heavy atom. The molecule has 2 aliphatic rings. The van der Waals surface area contributed by atoms with Gasteiger partial charge >= 0.3 is 5.97 Å². The maximum atomic E-state index is 12.7. The average molecular weight is 893 g/mol. The van der Waals surface area contributed by atoms with Crippen LogP contribution < -0.4 is 20.7 Å². The Hall–Kier alpha value is -3.72. The molecule has 6 rings (SSSR count). The highest BCUT2D eigenvalue weighted by Gasteiger charge is 2.59. The minimum absolute atomic E-state index is 0.119. The Labute approximate surface area is 379 Å². The zero-order valence-corrected chi connectivity index (χ0v) is 41.4. The van der Waals surface area contributed by atoms with E-state index < -0.39 is 40.0 Å². The lowest BCUT2D eigenvalue weighted by atomic mass is 9.70. The van der Waals surface area contributed by atoms with Gasteiger partial charge in [0.2, 0.25) is 0 Å². The molecule has 1 N–H and O–H groups in total. The molecular formula is C53H72O8Si2. The van der Waals surface area contributed by atoms with Crippen molar-refractivity contribution in [1.82, 2.24) is 0 Å². The van der Waals surface area contributed by atoms with Crippen molar-refractivity contribution in [1.29, 1.82) is 0 Å². The summed E-state index contributed by atoms with van der Waals surface area (Å²) in [6.45, 7) is 20.0. The molecule has 2 saturated heterocycles. The highest BCUT2D eigenvalue weighted by atomic mass is 28.4. The summed E-state index contributed by atoms with van der Waals surface area (Å²) in [4.78, 5) is 12.7. The lowest BCUT2D eigenvalue weighted by molar-refractivity contribution is -0.357. The Morgan fingerprint density at radius 2 is 1.16 bits per heavy atom. The van der Waals surface area contributed by atoms with Crippen molar-refractivity contribution in [2.45, 2.75) is 135 Å². The molecular weight excluding hydrogens is 821 g/mol. The van der Waals surface area contributed by atoms with Crippen LogP contribution in [0.2, 0.25) is 10.1 Å². The molecule has 2 fully saturated rings. The zero-order valence-electron chi connectivity index (χ0n) is 39.4. The Bertz CT molecular complexity index is 2000. The molecule has 340 valence electrons. The largest absolute Gasteiger partial charge is 0.462 e. The van der Waals surface area contributed by atoms with Gasteiger partial charge in [0.15, 0.2) is 5.79 Å². The number of hydrogen-bond acceptors (Lipinski definition) is 8. The van der Waals surface area contributed by atoms with Gasteiger partial charge in [0.25, 0.3) is 16.6 Å². The second kappa shape index (κ2) is 20.2. The third-order valence-electron chi connectivity index (χ3n) is 13.6. The van der Waals surface area contributed by atoms with Crippen molar-refractivity contribution < 1.29 is 37.7 Å². The SMILES string of the molecule is CO[C@@]1(C[C@@H]2C/C(=C/CO[Si](c3ccccc3)(c3ccccc3)C(C)(C)C)C[C@H](CO)O2)O[C@H](CCO[Si](c2ccccc2)(c2ccccc2)C(C)(C)C)C[C@H](OC(C)=O)C1(C)C. The molecule has 0 saturated carbocycles. The van der Waals surface area contributed by atoms with Gasteiger partial charge in [0.05, 0.1) is 36.9 Å². The van der Waals surface area contributed by atoms with Gasteiger partial charge in [0.1, 0.15) is 6.10 Å². The molecule has 2 heterocycles. The first-order chi connectivity index (χ1) is 29.9. The van der Waals surface area contributed by atoms with Crippen LogP contribution in [0.5, 0.6) is 0 Å². The van der Waals surface area contributed by atoms with Crippen molar-refractivity contribution in [2.24, 2.45) is 5.41 Å². The first kappa shape index (κ1) is 48.7. The number of esters is 1. The van der Waals surface area contributed by atoms with E-state index in [0.717, 1.165) is 5.57 Å². The number of rotatable bonds is 16. The molecule has 2 aliphatic heterocycles. The number of carbonyl (C=O) groups excluding carboxylic acids is 1. The third kappa shape index (κ3) is 10.2. The second-order valence-electron chi connectivity index (χ2n) is 20.1. The monoisotopic (exact) mass is 892 g/mol. The second-order valence-corrected chi connectivity index (χ2v) is 28.7. The standard InChI is InChI=1S/C53H72O8Si2/c1-40(55)59-49-37-42(32-34-58-63(51(5,6)7,47-27-19-13-20-28-47)48-29-21-14-22-30-48)61-53(56-10,52(49,8)9)38-43-35-41(36-44(39-54)60-43)31-33-57-62(50(2,3)4,45-23-15-11-16-24-45)46-25-17-12-18-26-46/h11-31,42-44,49,54H,32-39H2,1-10H3/b41-31-/t42-,43+,44-,49+,53+/m1/s1. The van der Waals surface area contributed by atoms with Crippen molar-refractivity contribution in [3.63, 3.8) is 0 Å². The van der Waals surface area contributed by atoms with Crippen LogP contribution in [0, 0.1) is 5.41 Å². The molecule has 0 spiro atoms. The fraction of sp³-hybridized carbons (Fsp3) is 0.491. The van der Waals surface area contributed by atoms with E-state index in [9.17, 15) is 9.90 Å². The number of aliphatic hydroxyl groups is 1. The number of aliphatic hydroxyl groups excluding tert-OH is 1. The predicted molar refractivity (Wildman–Crippen MR) is 258 cm³/mol. The maximum absolute atomic E-state index is 12.7. The molecule has 5 atom stereocenters. The van der Waals surface area contributed by atoms with E-state index in [2.05, 4.69) is 183 Å². The van der Waals surface area contributed by atoms with E-state index >= 15 is 0 Å². The normalized spacial score (nSPS) is 24.0. The molecule has 0 aliphatic carbocycles. The molecule has 4 aromatic rings. The molecule has 10 heteroatoms. The number of ether oxygens (including phenoxy) is 4. The van der Waals surface area contributed by atoms with Crippen LogP contribution >= 0.6 is 0 Å². The van der Waals surface area contributed by atoms with Crippen molar-refractivity contribution in [3.8, 4) is 0 Å². The van der Waals surface area contributed by atoms with Crippen molar-refractivity contribution in [3.05, 3.63) is 133 Å². The number of carbonyl (C=O) groups is 1. The average Bonchev–Trinajstić information content (AvgIpc) is 3.25. The molecule has 8 nitrogen and oxygen atoms in total. The van der Waals surface area contributed by atoms with Crippen LogP contribution in [0.15, 0.2) is 133 Å². The minimum Gasteiger partial charge on any atom is -0.462 e. The highest BCUT2D eigenvalue weighted by molar-refractivity contribution is 7.00. The lowest BCUT2D eigenvalue weighted by Gasteiger charge is -2.55. The summed E-state index contributed by atoms with van der Waals surface area (Å²) in [6.07, 6.45) is 3.27. The van der Waals surface area contributed by atoms with Crippen molar-refractivity contribution in [2.75, 3.05) is 26.9 Å². The van der Waals surface area contributed by atoms with Crippen LogP contribution in [-0.2, 0) is 32.6 Å². The van der Waals surface area contributed by atoms with Crippen LogP contribution in [0.4, 0.5) is 0 Å². The van der Waals surface area contributed by atoms with E-state index in [1.807, 2.05) is 0 Å². The van der Waals surface area contributed by atoms with Crippen molar-refractivity contribution >= 4 is 43.4 Å². The number of hydrogen-bond donors (Lipinski definition) is 1. The van der Waals surface area contributed by atoms with Gasteiger partial charge < -0.3 is 32.9 Å². The minimum atomic E-state index is -2.81. The Morgan fingerprint density at radius 1 is 0.714 bits per heavy atom. The van der Waals surface area contributed by atoms with E-state index in [0.29, 0.717) is 45.3 Å². The number of methoxy groups -OCH3 is 1. The van der Waals surface area contributed by atoms with E-state index in [1.165, 1.54) is 27.7 Å². The summed E-state index contributed by atoms with van der Waals surface area (Å²) in [7, 11) is -3.90. The fourth-order valence-corrected chi connectivity index (χ4v) is 19.5. The Balaban J connectivity index is 1.26. The van der Waals surface area contributed by atoms with Crippen LogP contribution in [0.3, 0.4) is 0 Å². The summed E-state index contributed by atoms with van der Waals surface area (Å²) in [5, 5.41) is 15.1. The maximum Gasteiger partial charge on any atom is 0.302 e. The summed E-state index contributed by atoms with van der Waals surface area (Å²) in [6, 6.07) is 42.6. The Kier molecular flexibility index (Phi) is 15.6. The zero-order chi connectivity index (χ0) is 45.5.